The van der Waals surface area contributed by atoms with Crippen LogP contribution in [0, 0.1) is 6.92 Å². The lowest BCUT2D eigenvalue weighted by Gasteiger charge is -2.12. The summed E-state index contributed by atoms with van der Waals surface area (Å²) in [5.41, 5.74) is 1.54. The molecule has 6 nitrogen and oxygen atoms in total. The first kappa shape index (κ1) is 17.0. The Kier molecular flexibility index (Phi) is 4.26. The van der Waals surface area contributed by atoms with Crippen LogP contribution in [0.1, 0.15) is 23.0 Å². The lowest BCUT2D eigenvalue weighted by atomic mass is 10.2. The maximum absolute atomic E-state index is 12.7. The Morgan fingerprint density at radius 2 is 1.88 bits per heavy atom. The number of benzene rings is 2. The van der Waals surface area contributed by atoms with E-state index in [0.717, 1.165) is 9.54 Å². The average molecular weight is 358 g/mol. The number of aromatic nitrogens is 1. The van der Waals surface area contributed by atoms with E-state index < -0.39 is 15.9 Å². The molecule has 0 atom stereocenters. The van der Waals surface area contributed by atoms with E-state index in [1.807, 2.05) is 6.92 Å². The van der Waals surface area contributed by atoms with Crippen LogP contribution in [0.3, 0.4) is 0 Å². The van der Waals surface area contributed by atoms with Crippen molar-refractivity contribution in [3.8, 4) is 5.75 Å². The molecule has 130 valence electrons. The highest BCUT2D eigenvalue weighted by Crippen LogP contribution is 2.27. The molecule has 0 bridgehead atoms. The number of hydrogen-bond acceptors (Lipinski definition) is 4. The quantitative estimate of drug-likeness (QED) is 0.702. The van der Waals surface area contributed by atoms with Crippen LogP contribution in [0.25, 0.3) is 10.9 Å². The summed E-state index contributed by atoms with van der Waals surface area (Å²) in [4.78, 5) is 12.7. The average Bonchev–Trinajstić information content (AvgIpc) is 2.98. The number of fused-ring (bicyclic) bond motifs is 1. The molecule has 0 fully saturated rings. The maximum atomic E-state index is 12.7. The molecule has 2 aromatic carbocycles. The highest BCUT2D eigenvalue weighted by atomic mass is 32.2. The zero-order valence-corrected chi connectivity index (χ0v) is 14.7. The summed E-state index contributed by atoms with van der Waals surface area (Å²) in [5.74, 6) is -0.823. The van der Waals surface area contributed by atoms with Crippen molar-refractivity contribution in [2.24, 2.45) is 0 Å². The number of phenols is 1. The molecule has 1 heterocycles. The first-order valence-corrected chi connectivity index (χ1v) is 9.39. The summed E-state index contributed by atoms with van der Waals surface area (Å²) < 4.78 is 26.1. The number of phenolic OH excluding ortho intramolecular Hbond substituents is 1. The van der Waals surface area contributed by atoms with E-state index in [2.05, 4.69) is 5.32 Å². The molecule has 25 heavy (non-hydrogen) atoms. The fourth-order valence-corrected chi connectivity index (χ4v) is 3.81. The molecular formula is C18H18N2O4S. The van der Waals surface area contributed by atoms with Crippen LogP contribution >= 0.6 is 0 Å². The number of para-hydroxylation sites is 1. The summed E-state index contributed by atoms with van der Waals surface area (Å²) in [5, 5.41) is 13.1. The molecule has 3 aromatic rings. The van der Waals surface area contributed by atoms with Crippen LogP contribution in [-0.4, -0.2) is 29.2 Å². The molecule has 0 spiro atoms. The third-order valence-corrected chi connectivity index (χ3v) is 5.62. The van der Waals surface area contributed by atoms with E-state index in [1.165, 1.54) is 19.1 Å². The number of aromatic hydroxyl groups is 1. The van der Waals surface area contributed by atoms with Gasteiger partial charge in [-0.1, -0.05) is 24.3 Å². The fourth-order valence-electron chi connectivity index (χ4n) is 2.65. The molecule has 1 aromatic heterocycles. The SMILES string of the molecule is CCS(=O)(=O)n1c(C(=O)Nc2cc(C)ccc2O)cc2ccccc21. The van der Waals surface area contributed by atoms with Crippen LogP contribution in [0.15, 0.2) is 48.5 Å². The van der Waals surface area contributed by atoms with Gasteiger partial charge in [-0.05, 0) is 43.7 Å². The summed E-state index contributed by atoms with van der Waals surface area (Å²) in [7, 11) is -3.67. The molecule has 0 radical (unpaired) electrons. The van der Waals surface area contributed by atoms with Gasteiger partial charge < -0.3 is 10.4 Å². The lowest BCUT2D eigenvalue weighted by molar-refractivity contribution is 0.102. The first-order valence-electron chi connectivity index (χ1n) is 7.78. The van der Waals surface area contributed by atoms with Crippen molar-refractivity contribution in [2.45, 2.75) is 13.8 Å². The van der Waals surface area contributed by atoms with Crippen molar-refractivity contribution in [3.63, 3.8) is 0 Å². The Bertz CT molecular complexity index is 1070. The smallest absolute Gasteiger partial charge is 0.273 e. The number of amides is 1. The van der Waals surface area contributed by atoms with Crippen molar-refractivity contribution in [1.82, 2.24) is 3.97 Å². The monoisotopic (exact) mass is 358 g/mol. The number of hydrogen-bond donors (Lipinski definition) is 2. The molecule has 1 amide bonds. The zero-order chi connectivity index (χ0) is 18.2. The second-order valence-electron chi connectivity index (χ2n) is 5.73. The minimum atomic E-state index is -3.67. The van der Waals surface area contributed by atoms with Gasteiger partial charge in [-0.15, -0.1) is 0 Å². The van der Waals surface area contributed by atoms with E-state index in [9.17, 15) is 18.3 Å². The Balaban J connectivity index is 2.13. The molecular weight excluding hydrogens is 340 g/mol. The van der Waals surface area contributed by atoms with Gasteiger partial charge in [0.1, 0.15) is 11.4 Å². The summed E-state index contributed by atoms with van der Waals surface area (Å²) in [6.07, 6.45) is 0. The van der Waals surface area contributed by atoms with Crippen LogP contribution in [0.2, 0.25) is 0 Å². The van der Waals surface area contributed by atoms with Crippen molar-refractivity contribution >= 4 is 32.5 Å². The van der Waals surface area contributed by atoms with Gasteiger partial charge in [0.2, 0.25) is 10.0 Å². The van der Waals surface area contributed by atoms with Gasteiger partial charge >= 0.3 is 0 Å². The van der Waals surface area contributed by atoms with Crippen LogP contribution in [0.4, 0.5) is 5.69 Å². The number of nitrogens with zero attached hydrogens (tertiary/aromatic N) is 1. The predicted molar refractivity (Wildman–Crippen MR) is 97.6 cm³/mol. The van der Waals surface area contributed by atoms with E-state index in [-0.39, 0.29) is 22.9 Å². The maximum Gasteiger partial charge on any atom is 0.273 e. The third kappa shape index (κ3) is 3.10. The van der Waals surface area contributed by atoms with E-state index in [4.69, 9.17) is 0 Å². The highest BCUT2D eigenvalue weighted by Gasteiger charge is 2.23. The Morgan fingerprint density at radius 1 is 1.16 bits per heavy atom. The minimum Gasteiger partial charge on any atom is -0.506 e. The molecule has 0 aliphatic carbocycles. The highest BCUT2D eigenvalue weighted by molar-refractivity contribution is 7.90. The Hall–Kier alpha value is -2.80. The number of aryl methyl sites for hydroxylation is 1. The molecule has 0 saturated carbocycles. The topological polar surface area (TPSA) is 88.4 Å². The number of rotatable bonds is 4. The Labute approximate surface area is 145 Å². The largest absolute Gasteiger partial charge is 0.506 e. The molecule has 7 heteroatoms. The summed E-state index contributed by atoms with van der Waals surface area (Å²) >= 11 is 0. The predicted octanol–water partition coefficient (Wildman–Crippen LogP) is 3.11. The molecule has 0 aliphatic rings. The third-order valence-electron chi connectivity index (χ3n) is 3.94. The molecule has 2 N–H and O–H groups in total. The number of carbonyl (C=O) groups is 1. The van der Waals surface area contributed by atoms with Crippen molar-refractivity contribution in [1.29, 1.82) is 0 Å². The lowest BCUT2D eigenvalue weighted by Crippen LogP contribution is -2.23. The van der Waals surface area contributed by atoms with Gasteiger partial charge in [-0.25, -0.2) is 12.4 Å². The van der Waals surface area contributed by atoms with Gasteiger partial charge in [0.05, 0.1) is 17.0 Å². The first-order chi connectivity index (χ1) is 11.8. The molecule has 3 rings (SSSR count). The van der Waals surface area contributed by atoms with E-state index >= 15 is 0 Å². The van der Waals surface area contributed by atoms with Crippen molar-refractivity contribution in [3.05, 3.63) is 59.8 Å². The normalized spacial score (nSPS) is 11.6. The van der Waals surface area contributed by atoms with E-state index in [0.29, 0.717) is 10.9 Å². The van der Waals surface area contributed by atoms with Crippen LogP contribution in [0.5, 0.6) is 5.75 Å². The molecule has 0 saturated heterocycles. The summed E-state index contributed by atoms with van der Waals surface area (Å²) in [6.45, 7) is 3.35. The summed E-state index contributed by atoms with van der Waals surface area (Å²) in [6, 6.07) is 13.2. The number of anilines is 1. The van der Waals surface area contributed by atoms with E-state index in [1.54, 1.807) is 36.4 Å². The molecule has 0 unspecified atom stereocenters. The second-order valence-corrected chi connectivity index (χ2v) is 7.83. The second kappa shape index (κ2) is 6.25. The number of nitrogens with one attached hydrogen (secondary N) is 1. The fraction of sp³-hybridized carbons (Fsp3) is 0.167. The van der Waals surface area contributed by atoms with Gasteiger partial charge in [-0.3, -0.25) is 4.79 Å². The number of carbonyl (C=O) groups excluding carboxylic acids is 1. The van der Waals surface area contributed by atoms with Gasteiger partial charge in [0.15, 0.2) is 0 Å². The van der Waals surface area contributed by atoms with Crippen LogP contribution in [-0.2, 0) is 10.0 Å². The minimum absolute atomic E-state index is 0.00366. The molecule has 0 aliphatic heterocycles. The standard InChI is InChI=1S/C18H18N2O4S/c1-3-25(23,24)20-15-7-5-4-6-13(15)11-16(20)18(22)19-14-10-12(2)8-9-17(14)21/h4-11,21H,3H2,1-2H3,(H,19,22). The van der Waals surface area contributed by atoms with Gasteiger partial charge in [0.25, 0.3) is 5.91 Å². The van der Waals surface area contributed by atoms with Crippen LogP contribution < -0.4 is 5.32 Å². The van der Waals surface area contributed by atoms with Crippen molar-refractivity contribution < 1.29 is 18.3 Å². The van der Waals surface area contributed by atoms with Gasteiger partial charge in [0, 0.05) is 5.39 Å². The zero-order valence-electron chi connectivity index (χ0n) is 13.9. The Morgan fingerprint density at radius 3 is 2.60 bits per heavy atom. The van der Waals surface area contributed by atoms with Gasteiger partial charge in [-0.2, -0.15) is 0 Å². The van der Waals surface area contributed by atoms with Crippen molar-refractivity contribution in [2.75, 3.05) is 11.1 Å².